The third-order valence-corrected chi connectivity index (χ3v) is 3.49. The van der Waals surface area contributed by atoms with E-state index in [4.69, 9.17) is 0 Å². The van der Waals surface area contributed by atoms with Gasteiger partial charge in [0.05, 0.1) is 0 Å². The van der Waals surface area contributed by atoms with E-state index in [2.05, 4.69) is 50.1 Å². The van der Waals surface area contributed by atoms with E-state index in [0.717, 1.165) is 18.9 Å². The minimum absolute atomic E-state index is 0.565. The molecule has 1 aromatic heterocycles. The second kappa shape index (κ2) is 8.25. The molecule has 0 radical (unpaired) electrons. The third kappa shape index (κ3) is 5.63. The molecule has 1 aromatic rings. The van der Waals surface area contributed by atoms with Crippen molar-refractivity contribution in [3.63, 3.8) is 0 Å². The van der Waals surface area contributed by atoms with Crippen molar-refractivity contribution in [2.24, 2.45) is 5.92 Å². The highest BCUT2D eigenvalue weighted by Crippen LogP contribution is 2.13. The van der Waals surface area contributed by atoms with Gasteiger partial charge in [0.2, 0.25) is 0 Å². The molecule has 2 unspecified atom stereocenters. The molecular formula is C16H28N2. The maximum Gasteiger partial charge on any atom is 0.0419 e. The van der Waals surface area contributed by atoms with Crippen LogP contribution in [0.25, 0.3) is 0 Å². The Balaban J connectivity index is 2.56. The van der Waals surface area contributed by atoms with Crippen molar-refractivity contribution in [3.8, 4) is 0 Å². The lowest BCUT2D eigenvalue weighted by atomic mass is 9.96. The van der Waals surface area contributed by atoms with Crippen LogP contribution in [0.1, 0.15) is 51.3 Å². The van der Waals surface area contributed by atoms with Crippen LogP contribution in [0.4, 0.5) is 0 Å². The molecule has 1 heterocycles. The molecule has 0 saturated carbocycles. The van der Waals surface area contributed by atoms with Crippen molar-refractivity contribution in [3.05, 3.63) is 29.6 Å². The van der Waals surface area contributed by atoms with Crippen molar-refractivity contribution in [2.45, 2.75) is 59.4 Å². The predicted octanol–water partition coefficient (Wildman–Crippen LogP) is 3.74. The first-order chi connectivity index (χ1) is 8.65. The van der Waals surface area contributed by atoms with Gasteiger partial charge in [0.25, 0.3) is 0 Å². The average molecular weight is 248 g/mol. The molecule has 2 atom stereocenters. The highest BCUT2D eigenvalue weighted by atomic mass is 14.9. The van der Waals surface area contributed by atoms with E-state index in [1.165, 1.54) is 30.5 Å². The number of pyridine rings is 1. The summed E-state index contributed by atoms with van der Waals surface area (Å²) < 4.78 is 0. The maximum absolute atomic E-state index is 4.52. The summed E-state index contributed by atoms with van der Waals surface area (Å²) in [6.07, 6.45) is 6.70. The maximum atomic E-state index is 4.52. The molecule has 1 N–H and O–H groups in total. The van der Waals surface area contributed by atoms with Gasteiger partial charge < -0.3 is 5.32 Å². The van der Waals surface area contributed by atoms with Gasteiger partial charge in [0.1, 0.15) is 0 Å². The van der Waals surface area contributed by atoms with Crippen LogP contribution in [0.15, 0.2) is 18.3 Å². The van der Waals surface area contributed by atoms with Crippen molar-refractivity contribution >= 4 is 0 Å². The summed E-state index contributed by atoms with van der Waals surface area (Å²) in [5.41, 5.74) is 2.44. The zero-order valence-electron chi connectivity index (χ0n) is 12.4. The van der Waals surface area contributed by atoms with E-state index < -0.39 is 0 Å². The molecule has 0 spiro atoms. The Bertz CT molecular complexity index is 318. The lowest BCUT2D eigenvalue weighted by molar-refractivity contribution is 0.389. The second-order valence-corrected chi connectivity index (χ2v) is 5.43. The van der Waals surface area contributed by atoms with Gasteiger partial charge in [-0.15, -0.1) is 0 Å². The van der Waals surface area contributed by atoms with Gasteiger partial charge in [0, 0.05) is 24.4 Å². The van der Waals surface area contributed by atoms with Crippen molar-refractivity contribution in [1.29, 1.82) is 0 Å². The predicted molar refractivity (Wildman–Crippen MR) is 78.8 cm³/mol. The topological polar surface area (TPSA) is 24.9 Å². The minimum atomic E-state index is 0.565. The van der Waals surface area contributed by atoms with E-state index in [1.807, 2.05) is 6.20 Å². The first-order valence-electron chi connectivity index (χ1n) is 7.30. The summed E-state index contributed by atoms with van der Waals surface area (Å²) >= 11 is 0. The van der Waals surface area contributed by atoms with Crippen LogP contribution in [-0.4, -0.2) is 17.6 Å². The number of rotatable bonds is 8. The normalized spacial score (nSPS) is 14.4. The zero-order valence-corrected chi connectivity index (χ0v) is 12.4. The molecule has 0 amide bonds. The fourth-order valence-electron chi connectivity index (χ4n) is 2.11. The molecule has 0 aromatic carbocycles. The van der Waals surface area contributed by atoms with E-state index >= 15 is 0 Å². The van der Waals surface area contributed by atoms with Gasteiger partial charge >= 0.3 is 0 Å². The van der Waals surface area contributed by atoms with Crippen LogP contribution in [0.5, 0.6) is 0 Å². The van der Waals surface area contributed by atoms with Gasteiger partial charge in [-0.1, -0.05) is 33.3 Å². The van der Waals surface area contributed by atoms with E-state index in [0.29, 0.717) is 6.04 Å². The quantitative estimate of drug-likeness (QED) is 0.758. The summed E-state index contributed by atoms with van der Waals surface area (Å²) in [5.74, 6) is 0.782. The fraction of sp³-hybridized carbons (Fsp3) is 0.688. The van der Waals surface area contributed by atoms with Crippen LogP contribution >= 0.6 is 0 Å². The molecule has 102 valence electrons. The number of nitrogens with one attached hydrogen (secondary N) is 1. The molecule has 0 aliphatic heterocycles. The smallest absolute Gasteiger partial charge is 0.0419 e. The number of hydrogen-bond acceptors (Lipinski definition) is 2. The average Bonchev–Trinajstić information content (AvgIpc) is 2.38. The molecule has 2 nitrogen and oxygen atoms in total. The number of nitrogens with zero attached hydrogens (tertiary/aromatic N) is 1. The molecule has 1 rings (SSSR count). The molecule has 2 heteroatoms. The Morgan fingerprint density at radius 1 is 1.28 bits per heavy atom. The Morgan fingerprint density at radius 3 is 2.61 bits per heavy atom. The Hall–Kier alpha value is -0.890. The second-order valence-electron chi connectivity index (χ2n) is 5.43. The van der Waals surface area contributed by atoms with Crippen LogP contribution in [0.2, 0.25) is 0 Å². The number of aromatic nitrogens is 1. The number of hydrogen-bond donors (Lipinski definition) is 1. The summed E-state index contributed by atoms with van der Waals surface area (Å²) in [7, 11) is 0. The van der Waals surface area contributed by atoms with Gasteiger partial charge in [-0.05, 0) is 43.9 Å². The molecule has 0 fully saturated rings. The Morgan fingerprint density at radius 2 is 2.06 bits per heavy atom. The summed E-state index contributed by atoms with van der Waals surface area (Å²) in [4.78, 5) is 4.52. The first kappa shape index (κ1) is 15.2. The number of aryl methyl sites for hydroxylation is 1. The lowest BCUT2D eigenvalue weighted by Crippen LogP contribution is -2.33. The van der Waals surface area contributed by atoms with Crippen LogP contribution in [0, 0.1) is 12.8 Å². The third-order valence-electron chi connectivity index (χ3n) is 3.49. The van der Waals surface area contributed by atoms with Crippen molar-refractivity contribution in [1.82, 2.24) is 10.3 Å². The Labute approximate surface area is 112 Å². The SMILES string of the molecule is CCCNC(Cc1ccc(C)cn1)CC(C)CC. The molecule has 0 bridgehead atoms. The van der Waals surface area contributed by atoms with Gasteiger partial charge in [-0.3, -0.25) is 4.98 Å². The molecule has 0 aliphatic rings. The van der Waals surface area contributed by atoms with E-state index in [1.54, 1.807) is 0 Å². The lowest BCUT2D eigenvalue weighted by Gasteiger charge is -2.21. The molecule has 0 saturated heterocycles. The largest absolute Gasteiger partial charge is 0.314 e. The summed E-state index contributed by atoms with van der Waals surface area (Å²) in [6, 6.07) is 4.88. The van der Waals surface area contributed by atoms with Gasteiger partial charge in [0.15, 0.2) is 0 Å². The highest BCUT2D eigenvalue weighted by Gasteiger charge is 2.12. The van der Waals surface area contributed by atoms with Crippen molar-refractivity contribution < 1.29 is 0 Å². The molecule has 0 aliphatic carbocycles. The Kier molecular flexibility index (Phi) is 6.96. The van der Waals surface area contributed by atoms with E-state index in [-0.39, 0.29) is 0 Å². The first-order valence-corrected chi connectivity index (χ1v) is 7.30. The molecule has 18 heavy (non-hydrogen) atoms. The highest BCUT2D eigenvalue weighted by molar-refractivity contribution is 5.13. The monoisotopic (exact) mass is 248 g/mol. The van der Waals surface area contributed by atoms with Gasteiger partial charge in [-0.25, -0.2) is 0 Å². The van der Waals surface area contributed by atoms with Crippen LogP contribution in [0.3, 0.4) is 0 Å². The van der Waals surface area contributed by atoms with E-state index in [9.17, 15) is 0 Å². The van der Waals surface area contributed by atoms with Crippen LogP contribution in [-0.2, 0) is 6.42 Å². The van der Waals surface area contributed by atoms with Crippen molar-refractivity contribution in [2.75, 3.05) is 6.54 Å². The minimum Gasteiger partial charge on any atom is -0.314 e. The molecular weight excluding hydrogens is 220 g/mol. The summed E-state index contributed by atoms with van der Waals surface area (Å²) in [5, 5.41) is 3.66. The summed E-state index contributed by atoms with van der Waals surface area (Å²) in [6.45, 7) is 10.0. The fourth-order valence-corrected chi connectivity index (χ4v) is 2.11. The van der Waals surface area contributed by atoms with Gasteiger partial charge in [-0.2, -0.15) is 0 Å². The van der Waals surface area contributed by atoms with Crippen LogP contribution < -0.4 is 5.32 Å². The zero-order chi connectivity index (χ0) is 13.4. The standard InChI is InChI=1S/C16H28N2/c1-5-9-17-16(10-13(3)6-2)11-15-8-7-14(4)12-18-15/h7-8,12-13,16-17H,5-6,9-11H2,1-4H3.